The van der Waals surface area contributed by atoms with Gasteiger partial charge in [-0.1, -0.05) is 52.4 Å². The first-order chi connectivity index (χ1) is 7.62. The summed E-state index contributed by atoms with van der Waals surface area (Å²) in [6.45, 7) is 6.17. The molecule has 0 rings (SSSR count). The molecule has 0 saturated heterocycles. The minimum Gasteiger partial charge on any atom is -0.270 e. The second-order valence-corrected chi connectivity index (χ2v) is 5.82. The molecule has 1 radical (unpaired) electrons. The summed E-state index contributed by atoms with van der Waals surface area (Å²) >= 11 is 0. The van der Waals surface area contributed by atoms with Crippen molar-refractivity contribution in [1.29, 1.82) is 0 Å². The van der Waals surface area contributed by atoms with Crippen molar-refractivity contribution in [2.45, 2.75) is 58.3 Å². The molecule has 4 heteroatoms. The Balaban J connectivity index is 3.47. The van der Waals surface area contributed by atoms with Crippen LogP contribution in [0.5, 0.6) is 0 Å². The molecule has 0 aliphatic heterocycles. The van der Waals surface area contributed by atoms with Crippen molar-refractivity contribution in [3.8, 4) is 0 Å². The highest BCUT2D eigenvalue weighted by Gasteiger charge is 2.09. The van der Waals surface area contributed by atoms with E-state index in [1.54, 1.807) is 0 Å². The summed E-state index contributed by atoms with van der Waals surface area (Å²) < 4.78 is 27.7. The Kier molecular flexibility index (Phi) is 10.0. The van der Waals surface area contributed by atoms with E-state index in [1.165, 1.54) is 0 Å². The first kappa shape index (κ1) is 15.9. The van der Waals surface area contributed by atoms with E-state index in [4.69, 9.17) is 4.18 Å². The number of rotatable bonds is 11. The third-order valence-corrected chi connectivity index (χ3v) is 3.72. The quantitative estimate of drug-likeness (QED) is 0.417. The van der Waals surface area contributed by atoms with Crippen molar-refractivity contribution in [3.63, 3.8) is 0 Å². The monoisotopic (exact) mass is 249 g/mol. The fraction of sp³-hybridized carbons (Fsp3) is 0.917. The highest BCUT2D eigenvalue weighted by atomic mass is 32.2. The van der Waals surface area contributed by atoms with Crippen LogP contribution in [-0.4, -0.2) is 20.8 Å². The molecule has 0 saturated carbocycles. The molecule has 0 unspecified atom stereocenters. The van der Waals surface area contributed by atoms with Gasteiger partial charge < -0.3 is 0 Å². The first-order valence-corrected chi connectivity index (χ1v) is 7.86. The van der Waals surface area contributed by atoms with Crippen LogP contribution in [0.25, 0.3) is 0 Å². The largest absolute Gasteiger partial charge is 0.270 e. The van der Waals surface area contributed by atoms with Crippen LogP contribution in [0.2, 0.25) is 0 Å². The van der Waals surface area contributed by atoms with Crippen LogP contribution in [0, 0.1) is 6.92 Å². The van der Waals surface area contributed by atoms with E-state index in [-0.39, 0.29) is 5.75 Å². The van der Waals surface area contributed by atoms with Crippen LogP contribution in [0.1, 0.15) is 58.3 Å². The van der Waals surface area contributed by atoms with Gasteiger partial charge in [-0.25, -0.2) is 0 Å². The standard InChI is InChI=1S/C12H25O3S/c1-3-5-7-9-11-15-16(13,14)12-10-8-6-4-2/h1,3-12H2,2H3. The molecule has 0 spiro atoms. The summed E-state index contributed by atoms with van der Waals surface area (Å²) in [7, 11) is -3.26. The molecule has 97 valence electrons. The molecule has 0 heterocycles. The van der Waals surface area contributed by atoms with E-state index in [0.717, 1.165) is 51.4 Å². The van der Waals surface area contributed by atoms with Gasteiger partial charge in [0, 0.05) is 0 Å². The minimum atomic E-state index is -3.26. The van der Waals surface area contributed by atoms with Crippen molar-refractivity contribution in [2.24, 2.45) is 0 Å². The van der Waals surface area contributed by atoms with E-state index in [2.05, 4.69) is 13.8 Å². The Bertz CT molecular complexity index is 235. The summed E-state index contributed by atoms with van der Waals surface area (Å²) in [4.78, 5) is 0. The van der Waals surface area contributed by atoms with Gasteiger partial charge in [0.05, 0.1) is 12.4 Å². The van der Waals surface area contributed by atoms with Crippen LogP contribution in [0.3, 0.4) is 0 Å². The molecule has 0 aliphatic carbocycles. The highest BCUT2D eigenvalue weighted by molar-refractivity contribution is 7.86. The first-order valence-electron chi connectivity index (χ1n) is 6.28. The summed E-state index contributed by atoms with van der Waals surface area (Å²) in [6, 6.07) is 0. The molecule has 0 fully saturated rings. The zero-order valence-electron chi connectivity index (χ0n) is 10.4. The summed E-state index contributed by atoms with van der Waals surface area (Å²) in [6.07, 6.45) is 7.66. The van der Waals surface area contributed by atoms with Crippen LogP contribution >= 0.6 is 0 Å². The molecule has 0 bridgehead atoms. The molecular weight excluding hydrogens is 224 g/mol. The summed E-state index contributed by atoms with van der Waals surface area (Å²) in [5.74, 6) is 0.169. The molecule has 16 heavy (non-hydrogen) atoms. The molecule has 0 aliphatic rings. The Morgan fingerprint density at radius 3 is 2.31 bits per heavy atom. The number of hydrogen-bond acceptors (Lipinski definition) is 3. The van der Waals surface area contributed by atoms with E-state index >= 15 is 0 Å². The maximum Gasteiger partial charge on any atom is 0.267 e. The maximum absolute atomic E-state index is 11.4. The zero-order valence-corrected chi connectivity index (χ0v) is 11.2. The van der Waals surface area contributed by atoms with Gasteiger partial charge in [-0.05, 0) is 12.8 Å². The second-order valence-electron chi connectivity index (χ2n) is 4.06. The van der Waals surface area contributed by atoms with Crippen molar-refractivity contribution in [1.82, 2.24) is 0 Å². The second kappa shape index (κ2) is 10.1. The normalized spacial score (nSPS) is 11.9. The van der Waals surface area contributed by atoms with Gasteiger partial charge in [-0.3, -0.25) is 4.18 Å². The number of hydrogen-bond donors (Lipinski definition) is 0. The average Bonchev–Trinajstić information content (AvgIpc) is 2.24. The van der Waals surface area contributed by atoms with E-state index < -0.39 is 10.1 Å². The smallest absolute Gasteiger partial charge is 0.267 e. The number of unbranched alkanes of at least 4 members (excludes halogenated alkanes) is 6. The molecule has 3 nitrogen and oxygen atoms in total. The lowest BCUT2D eigenvalue weighted by atomic mass is 10.2. The van der Waals surface area contributed by atoms with Crippen molar-refractivity contribution >= 4 is 10.1 Å². The lowest BCUT2D eigenvalue weighted by Gasteiger charge is -2.05. The van der Waals surface area contributed by atoms with Crippen LogP contribution in [0.4, 0.5) is 0 Å². The van der Waals surface area contributed by atoms with Gasteiger partial charge in [0.25, 0.3) is 10.1 Å². The Labute approximate surface area is 101 Å². The molecule has 0 atom stereocenters. The van der Waals surface area contributed by atoms with Crippen LogP contribution in [0.15, 0.2) is 0 Å². The van der Waals surface area contributed by atoms with E-state index in [0.29, 0.717) is 6.61 Å². The lowest BCUT2D eigenvalue weighted by Crippen LogP contribution is -2.11. The molecular formula is C12H25O3S. The highest BCUT2D eigenvalue weighted by Crippen LogP contribution is 2.05. The molecule has 0 aromatic rings. The van der Waals surface area contributed by atoms with E-state index in [9.17, 15) is 8.42 Å². The predicted molar refractivity (Wildman–Crippen MR) is 67.7 cm³/mol. The lowest BCUT2D eigenvalue weighted by molar-refractivity contribution is 0.306. The van der Waals surface area contributed by atoms with Crippen molar-refractivity contribution in [3.05, 3.63) is 6.92 Å². The predicted octanol–water partition coefficient (Wildman–Crippen LogP) is 3.31. The molecule has 0 amide bonds. The van der Waals surface area contributed by atoms with Gasteiger partial charge in [-0.15, -0.1) is 0 Å². The molecule has 0 N–H and O–H groups in total. The Hall–Kier alpha value is -0.0900. The topological polar surface area (TPSA) is 43.4 Å². The van der Waals surface area contributed by atoms with Gasteiger partial charge in [0.1, 0.15) is 0 Å². The summed E-state index contributed by atoms with van der Waals surface area (Å²) in [5, 5.41) is 0. The third-order valence-electron chi connectivity index (χ3n) is 2.41. The van der Waals surface area contributed by atoms with Gasteiger partial charge in [0.15, 0.2) is 0 Å². The fourth-order valence-corrected chi connectivity index (χ4v) is 2.45. The third kappa shape index (κ3) is 10.4. The zero-order chi connectivity index (χ0) is 12.3. The summed E-state index contributed by atoms with van der Waals surface area (Å²) in [5.41, 5.74) is 0. The van der Waals surface area contributed by atoms with Crippen LogP contribution in [-0.2, 0) is 14.3 Å². The molecule has 0 aromatic heterocycles. The van der Waals surface area contributed by atoms with Gasteiger partial charge >= 0.3 is 0 Å². The van der Waals surface area contributed by atoms with E-state index in [1.807, 2.05) is 0 Å². The average molecular weight is 249 g/mol. The van der Waals surface area contributed by atoms with Gasteiger partial charge in [0.2, 0.25) is 0 Å². The fourth-order valence-electron chi connectivity index (χ4n) is 1.41. The van der Waals surface area contributed by atoms with Crippen molar-refractivity contribution in [2.75, 3.05) is 12.4 Å². The van der Waals surface area contributed by atoms with Crippen molar-refractivity contribution < 1.29 is 12.6 Å². The van der Waals surface area contributed by atoms with Crippen LogP contribution < -0.4 is 0 Å². The van der Waals surface area contributed by atoms with Gasteiger partial charge in [-0.2, -0.15) is 8.42 Å². The minimum absolute atomic E-state index is 0.169. The molecule has 0 aromatic carbocycles. The Morgan fingerprint density at radius 1 is 1.00 bits per heavy atom. The Morgan fingerprint density at radius 2 is 1.69 bits per heavy atom. The maximum atomic E-state index is 11.4. The SMILES string of the molecule is [CH2]CCCCCOS(=O)(=O)CCCCCC.